The van der Waals surface area contributed by atoms with Gasteiger partial charge in [-0.3, -0.25) is 14.5 Å². The topological polar surface area (TPSA) is 60.9 Å². The van der Waals surface area contributed by atoms with Crippen LogP contribution in [-0.4, -0.2) is 59.5 Å². The normalized spacial score (nSPS) is 24.0. The third kappa shape index (κ3) is 2.92. The maximum absolute atomic E-state index is 11.9. The van der Waals surface area contributed by atoms with Crippen molar-refractivity contribution in [2.75, 3.05) is 26.7 Å². The summed E-state index contributed by atoms with van der Waals surface area (Å²) in [5, 5.41) is 8.75. The molecule has 15 heavy (non-hydrogen) atoms. The van der Waals surface area contributed by atoms with Crippen molar-refractivity contribution in [1.29, 1.82) is 0 Å². The van der Waals surface area contributed by atoms with Crippen LogP contribution < -0.4 is 0 Å². The molecule has 0 bridgehead atoms. The van der Waals surface area contributed by atoms with Crippen molar-refractivity contribution in [2.45, 2.75) is 25.8 Å². The number of likely N-dealkylation sites (N-methyl/N-ethyl adjacent to an activating group) is 2. The van der Waals surface area contributed by atoms with Crippen LogP contribution in [-0.2, 0) is 9.59 Å². The summed E-state index contributed by atoms with van der Waals surface area (Å²) in [4.78, 5) is 26.2. The van der Waals surface area contributed by atoms with Crippen LogP contribution in [0, 0.1) is 0 Å². The number of hydrogen-bond donors (Lipinski definition) is 1. The molecule has 1 fully saturated rings. The van der Waals surface area contributed by atoms with Gasteiger partial charge >= 0.3 is 5.97 Å². The Kier molecular flexibility index (Phi) is 4.08. The van der Waals surface area contributed by atoms with Gasteiger partial charge in [0, 0.05) is 19.6 Å². The van der Waals surface area contributed by atoms with Crippen LogP contribution in [0.15, 0.2) is 0 Å². The summed E-state index contributed by atoms with van der Waals surface area (Å²) in [6.07, 6.45) is 0.804. The van der Waals surface area contributed by atoms with Gasteiger partial charge in [0.05, 0.1) is 12.5 Å². The Morgan fingerprint density at radius 1 is 1.53 bits per heavy atom. The van der Waals surface area contributed by atoms with E-state index < -0.39 is 12.0 Å². The maximum atomic E-state index is 11.9. The van der Waals surface area contributed by atoms with Crippen LogP contribution in [0.1, 0.15) is 19.8 Å². The molecule has 1 N–H and O–H groups in total. The molecular weight excluding hydrogens is 196 g/mol. The van der Waals surface area contributed by atoms with Crippen LogP contribution in [0.2, 0.25) is 0 Å². The highest BCUT2D eigenvalue weighted by Crippen LogP contribution is 2.12. The van der Waals surface area contributed by atoms with Crippen LogP contribution in [0.3, 0.4) is 0 Å². The van der Waals surface area contributed by atoms with Gasteiger partial charge in [0.25, 0.3) is 0 Å². The van der Waals surface area contributed by atoms with Crippen molar-refractivity contribution < 1.29 is 14.7 Å². The van der Waals surface area contributed by atoms with Crippen molar-refractivity contribution in [3.05, 3.63) is 0 Å². The van der Waals surface area contributed by atoms with Gasteiger partial charge in [-0.25, -0.2) is 0 Å². The molecular formula is C10H18N2O3. The van der Waals surface area contributed by atoms with E-state index in [1.807, 2.05) is 18.9 Å². The molecule has 5 nitrogen and oxygen atoms in total. The van der Waals surface area contributed by atoms with Crippen molar-refractivity contribution in [3.63, 3.8) is 0 Å². The highest BCUT2D eigenvalue weighted by atomic mass is 16.4. The summed E-state index contributed by atoms with van der Waals surface area (Å²) in [5.74, 6) is -0.974. The maximum Gasteiger partial charge on any atom is 0.305 e. The van der Waals surface area contributed by atoms with E-state index in [-0.39, 0.29) is 12.3 Å². The SMILES string of the molecule is CCN1CCCN(C)C(CC(=O)O)C1=O. The number of hydrogen-bond acceptors (Lipinski definition) is 3. The molecule has 0 aromatic rings. The lowest BCUT2D eigenvalue weighted by Crippen LogP contribution is -2.45. The molecule has 0 spiro atoms. The largest absolute Gasteiger partial charge is 0.481 e. The standard InChI is InChI=1S/C10H18N2O3/c1-3-12-6-4-5-11(2)8(10(12)15)7-9(13)14/h8H,3-7H2,1-2H3,(H,13,14). The summed E-state index contributed by atoms with van der Waals surface area (Å²) in [5.41, 5.74) is 0. The summed E-state index contributed by atoms with van der Waals surface area (Å²) < 4.78 is 0. The first-order valence-electron chi connectivity index (χ1n) is 5.27. The van der Waals surface area contributed by atoms with Gasteiger partial charge in [-0.2, -0.15) is 0 Å². The molecule has 1 heterocycles. The molecule has 0 saturated carbocycles. The van der Waals surface area contributed by atoms with E-state index in [1.54, 1.807) is 4.90 Å². The highest BCUT2D eigenvalue weighted by molar-refractivity contribution is 5.86. The molecule has 1 saturated heterocycles. The van der Waals surface area contributed by atoms with Gasteiger partial charge < -0.3 is 10.0 Å². The first-order valence-corrected chi connectivity index (χ1v) is 5.27. The molecule has 5 heteroatoms. The van der Waals surface area contributed by atoms with Crippen molar-refractivity contribution in [2.24, 2.45) is 0 Å². The van der Waals surface area contributed by atoms with E-state index in [1.165, 1.54) is 0 Å². The van der Waals surface area contributed by atoms with E-state index in [0.29, 0.717) is 6.54 Å². The molecule has 1 amide bonds. The molecule has 1 atom stereocenters. The first kappa shape index (κ1) is 12.0. The summed E-state index contributed by atoms with van der Waals surface area (Å²) in [6.45, 7) is 4.08. The number of rotatable bonds is 3. The molecule has 0 aliphatic carbocycles. The van der Waals surface area contributed by atoms with Gasteiger partial charge in [-0.15, -0.1) is 0 Å². The Hall–Kier alpha value is -1.10. The van der Waals surface area contributed by atoms with Crippen LogP contribution >= 0.6 is 0 Å². The number of carbonyl (C=O) groups excluding carboxylic acids is 1. The molecule has 0 aromatic heterocycles. The fourth-order valence-corrected chi connectivity index (χ4v) is 1.90. The average molecular weight is 214 g/mol. The quantitative estimate of drug-likeness (QED) is 0.719. The Balaban J connectivity index is 2.77. The van der Waals surface area contributed by atoms with Gasteiger partial charge in [0.2, 0.25) is 5.91 Å². The predicted molar refractivity (Wildman–Crippen MR) is 55.5 cm³/mol. The van der Waals surface area contributed by atoms with E-state index in [9.17, 15) is 9.59 Å². The van der Waals surface area contributed by atoms with Gasteiger partial charge in [0.15, 0.2) is 0 Å². The minimum Gasteiger partial charge on any atom is -0.481 e. The second-order valence-corrected chi connectivity index (χ2v) is 3.87. The number of carboxylic acids is 1. The summed E-state index contributed by atoms with van der Waals surface area (Å²) in [6, 6.07) is -0.495. The fraction of sp³-hybridized carbons (Fsp3) is 0.800. The van der Waals surface area contributed by atoms with Crippen molar-refractivity contribution >= 4 is 11.9 Å². The Labute approximate surface area is 89.7 Å². The van der Waals surface area contributed by atoms with Gasteiger partial charge in [0.1, 0.15) is 0 Å². The van der Waals surface area contributed by atoms with Gasteiger partial charge in [-0.05, 0) is 20.4 Å². The van der Waals surface area contributed by atoms with Crippen molar-refractivity contribution in [3.8, 4) is 0 Å². The zero-order chi connectivity index (χ0) is 11.4. The van der Waals surface area contributed by atoms with E-state index in [2.05, 4.69) is 0 Å². The molecule has 0 radical (unpaired) electrons. The minimum atomic E-state index is -0.918. The Bertz CT molecular complexity index is 255. The molecule has 0 aromatic carbocycles. The zero-order valence-corrected chi connectivity index (χ0v) is 9.27. The lowest BCUT2D eigenvalue weighted by atomic mass is 10.1. The zero-order valence-electron chi connectivity index (χ0n) is 9.27. The minimum absolute atomic E-state index is 0.0556. The lowest BCUT2D eigenvalue weighted by Gasteiger charge is -2.26. The van der Waals surface area contributed by atoms with Crippen LogP contribution in [0.25, 0.3) is 0 Å². The Morgan fingerprint density at radius 2 is 2.20 bits per heavy atom. The number of carbonyl (C=O) groups is 2. The third-order valence-corrected chi connectivity index (χ3v) is 2.82. The monoisotopic (exact) mass is 214 g/mol. The van der Waals surface area contributed by atoms with E-state index in [0.717, 1.165) is 19.5 Å². The van der Waals surface area contributed by atoms with Crippen LogP contribution in [0.5, 0.6) is 0 Å². The molecule has 1 rings (SSSR count). The Morgan fingerprint density at radius 3 is 2.73 bits per heavy atom. The summed E-state index contributed by atoms with van der Waals surface area (Å²) >= 11 is 0. The summed E-state index contributed by atoms with van der Waals surface area (Å²) in [7, 11) is 1.81. The molecule has 86 valence electrons. The average Bonchev–Trinajstić information content (AvgIpc) is 2.30. The smallest absolute Gasteiger partial charge is 0.305 e. The molecule has 1 aliphatic heterocycles. The van der Waals surface area contributed by atoms with Crippen molar-refractivity contribution in [1.82, 2.24) is 9.80 Å². The fourth-order valence-electron chi connectivity index (χ4n) is 1.90. The molecule has 1 unspecified atom stereocenters. The first-order chi connectivity index (χ1) is 7.06. The highest BCUT2D eigenvalue weighted by Gasteiger charge is 2.31. The number of carboxylic acid groups (broad SMARTS) is 1. The number of nitrogens with zero attached hydrogens (tertiary/aromatic N) is 2. The molecule has 1 aliphatic rings. The predicted octanol–water partition coefficient (Wildman–Crippen LogP) is 0.0137. The lowest BCUT2D eigenvalue weighted by molar-refractivity contribution is -0.144. The second-order valence-electron chi connectivity index (χ2n) is 3.87. The van der Waals surface area contributed by atoms with E-state index >= 15 is 0 Å². The van der Waals surface area contributed by atoms with E-state index in [4.69, 9.17) is 5.11 Å². The number of aliphatic carboxylic acids is 1. The van der Waals surface area contributed by atoms with Gasteiger partial charge in [-0.1, -0.05) is 0 Å². The second kappa shape index (κ2) is 5.11. The van der Waals surface area contributed by atoms with Crippen LogP contribution in [0.4, 0.5) is 0 Å². The third-order valence-electron chi connectivity index (χ3n) is 2.82. The number of amides is 1.